The Morgan fingerprint density at radius 1 is 1.18 bits per heavy atom. The summed E-state index contributed by atoms with van der Waals surface area (Å²) in [7, 11) is 1.62. The number of rotatable bonds is 6. The molecule has 180 valence electrons. The number of carbonyl (C=O) groups is 1. The van der Waals surface area contributed by atoms with Crippen LogP contribution in [0.15, 0.2) is 34.2 Å². The van der Waals surface area contributed by atoms with Crippen molar-refractivity contribution in [1.82, 2.24) is 14.9 Å². The van der Waals surface area contributed by atoms with Gasteiger partial charge in [-0.3, -0.25) is 14.2 Å². The van der Waals surface area contributed by atoms with Gasteiger partial charge in [0.2, 0.25) is 5.91 Å². The number of nitrogens with zero attached hydrogens (tertiary/aromatic N) is 2. The molecular weight excluding hydrogens is 466 g/mol. The standard InChI is InChI=1S/C26H31N3O3S2/c1-32-19-12-8-11-18(15-19)29-25(31)23-20-13-6-7-14-21(20)34-24(23)28-26(29)33-16-22(30)27-17-9-4-2-3-5-10-17/h8,11-12,15,17H,2-7,9-10,13-14,16H2,1H3,(H,27,30). The summed E-state index contributed by atoms with van der Waals surface area (Å²) in [5.41, 5.74) is 1.83. The third-order valence-electron chi connectivity index (χ3n) is 6.82. The van der Waals surface area contributed by atoms with Crippen LogP contribution in [0.2, 0.25) is 0 Å². The highest BCUT2D eigenvalue weighted by Gasteiger charge is 2.24. The lowest BCUT2D eigenvalue weighted by Crippen LogP contribution is -2.35. The smallest absolute Gasteiger partial charge is 0.267 e. The summed E-state index contributed by atoms with van der Waals surface area (Å²) in [6, 6.07) is 7.74. The van der Waals surface area contributed by atoms with Gasteiger partial charge in [0, 0.05) is 17.0 Å². The van der Waals surface area contributed by atoms with Crippen molar-refractivity contribution in [3.8, 4) is 11.4 Å². The molecule has 0 saturated heterocycles. The molecule has 0 spiro atoms. The third kappa shape index (κ3) is 4.89. The van der Waals surface area contributed by atoms with Crippen LogP contribution in [0.3, 0.4) is 0 Å². The van der Waals surface area contributed by atoms with Crippen LogP contribution in [0.4, 0.5) is 0 Å². The predicted molar refractivity (Wildman–Crippen MR) is 139 cm³/mol. The molecule has 0 aliphatic heterocycles. The van der Waals surface area contributed by atoms with Crippen molar-refractivity contribution in [3.05, 3.63) is 45.1 Å². The zero-order chi connectivity index (χ0) is 23.5. The first kappa shape index (κ1) is 23.4. The van der Waals surface area contributed by atoms with Gasteiger partial charge in [0.15, 0.2) is 5.16 Å². The lowest BCUT2D eigenvalue weighted by atomic mass is 9.97. The minimum atomic E-state index is -0.0515. The van der Waals surface area contributed by atoms with Gasteiger partial charge in [-0.25, -0.2) is 4.98 Å². The fourth-order valence-corrected chi connectivity index (χ4v) is 7.21. The fraction of sp³-hybridized carbons (Fsp3) is 0.500. The van der Waals surface area contributed by atoms with Crippen molar-refractivity contribution in [2.75, 3.05) is 12.9 Å². The second-order valence-corrected chi connectivity index (χ2v) is 11.2. The monoisotopic (exact) mass is 497 g/mol. The number of ether oxygens (including phenoxy) is 1. The van der Waals surface area contributed by atoms with Crippen LogP contribution in [0, 0.1) is 0 Å². The van der Waals surface area contributed by atoms with Crippen LogP contribution in [0.25, 0.3) is 15.9 Å². The van der Waals surface area contributed by atoms with Crippen LogP contribution < -0.4 is 15.6 Å². The van der Waals surface area contributed by atoms with Gasteiger partial charge in [-0.1, -0.05) is 43.5 Å². The quantitative estimate of drug-likeness (QED) is 0.285. The maximum atomic E-state index is 13.9. The number of aryl methyl sites for hydroxylation is 2. The summed E-state index contributed by atoms with van der Waals surface area (Å²) in [6.45, 7) is 0. The molecule has 8 heteroatoms. The highest BCUT2D eigenvalue weighted by molar-refractivity contribution is 7.99. The van der Waals surface area contributed by atoms with Crippen molar-refractivity contribution in [3.63, 3.8) is 0 Å². The summed E-state index contributed by atoms with van der Waals surface area (Å²) < 4.78 is 7.07. The highest BCUT2D eigenvalue weighted by Crippen LogP contribution is 2.35. The zero-order valence-corrected chi connectivity index (χ0v) is 21.2. The van der Waals surface area contributed by atoms with Crippen molar-refractivity contribution in [2.45, 2.75) is 75.4 Å². The van der Waals surface area contributed by atoms with E-state index in [4.69, 9.17) is 9.72 Å². The van der Waals surface area contributed by atoms with E-state index in [0.717, 1.165) is 48.7 Å². The number of aromatic nitrogens is 2. The topological polar surface area (TPSA) is 73.2 Å². The molecule has 2 aliphatic carbocycles. The molecule has 34 heavy (non-hydrogen) atoms. The highest BCUT2D eigenvalue weighted by atomic mass is 32.2. The first-order valence-corrected chi connectivity index (χ1v) is 14.1. The maximum Gasteiger partial charge on any atom is 0.267 e. The van der Waals surface area contributed by atoms with E-state index in [2.05, 4.69) is 5.32 Å². The number of thioether (sulfide) groups is 1. The summed E-state index contributed by atoms with van der Waals surface area (Å²) in [4.78, 5) is 33.7. The Bertz CT molecular complexity index is 1240. The molecule has 0 unspecified atom stereocenters. The largest absolute Gasteiger partial charge is 0.497 e. The summed E-state index contributed by atoms with van der Waals surface area (Å²) >= 11 is 2.98. The number of fused-ring (bicyclic) bond motifs is 3. The Morgan fingerprint density at radius 3 is 2.76 bits per heavy atom. The van der Waals surface area contributed by atoms with E-state index in [-0.39, 0.29) is 23.3 Å². The van der Waals surface area contributed by atoms with Gasteiger partial charge >= 0.3 is 0 Å². The first-order chi connectivity index (χ1) is 16.6. The Morgan fingerprint density at radius 2 is 1.97 bits per heavy atom. The van der Waals surface area contributed by atoms with E-state index < -0.39 is 0 Å². The molecule has 2 aromatic heterocycles. The molecule has 1 aromatic carbocycles. The van der Waals surface area contributed by atoms with Crippen molar-refractivity contribution < 1.29 is 9.53 Å². The summed E-state index contributed by atoms with van der Waals surface area (Å²) in [6.07, 6.45) is 11.2. The van der Waals surface area contributed by atoms with Gasteiger partial charge < -0.3 is 10.1 Å². The molecule has 5 rings (SSSR count). The maximum absolute atomic E-state index is 13.9. The molecule has 0 atom stereocenters. The van der Waals surface area contributed by atoms with E-state index in [0.29, 0.717) is 16.6 Å². The number of thiophene rings is 1. The molecule has 0 bridgehead atoms. The molecule has 2 heterocycles. The molecule has 1 fully saturated rings. The predicted octanol–water partition coefficient (Wildman–Crippen LogP) is 5.27. The number of benzene rings is 1. The lowest BCUT2D eigenvalue weighted by molar-refractivity contribution is -0.119. The third-order valence-corrected chi connectivity index (χ3v) is 8.95. The molecule has 0 radical (unpaired) electrons. The number of nitrogens with one attached hydrogen (secondary N) is 1. The van der Waals surface area contributed by atoms with Gasteiger partial charge in [0.25, 0.3) is 5.56 Å². The van der Waals surface area contributed by atoms with Crippen LogP contribution in [-0.2, 0) is 17.6 Å². The van der Waals surface area contributed by atoms with Crippen molar-refractivity contribution >= 4 is 39.2 Å². The summed E-state index contributed by atoms with van der Waals surface area (Å²) in [5.74, 6) is 0.927. The van der Waals surface area contributed by atoms with E-state index >= 15 is 0 Å². The van der Waals surface area contributed by atoms with Gasteiger partial charge in [-0.05, 0) is 56.2 Å². The van der Waals surface area contributed by atoms with Gasteiger partial charge in [0.05, 0.1) is 23.9 Å². The normalized spacial score (nSPS) is 16.7. The number of carbonyl (C=O) groups excluding carboxylic acids is 1. The fourth-order valence-electron chi connectivity index (χ4n) is 5.08. The SMILES string of the molecule is COc1cccc(-n2c(SCC(=O)NC3CCCCCC3)nc3sc4c(c3c2=O)CCCC4)c1. The minimum Gasteiger partial charge on any atom is -0.497 e. The molecule has 1 amide bonds. The van der Waals surface area contributed by atoms with E-state index in [9.17, 15) is 9.59 Å². The van der Waals surface area contributed by atoms with Crippen LogP contribution in [0.5, 0.6) is 5.75 Å². The molecule has 6 nitrogen and oxygen atoms in total. The summed E-state index contributed by atoms with van der Waals surface area (Å²) in [5, 5.41) is 4.51. The molecular formula is C26H31N3O3S2. The van der Waals surface area contributed by atoms with Crippen LogP contribution >= 0.6 is 23.1 Å². The minimum absolute atomic E-state index is 0.00825. The average Bonchev–Trinajstić information content (AvgIpc) is 3.03. The Labute approximate surface area is 208 Å². The lowest BCUT2D eigenvalue weighted by Gasteiger charge is -2.17. The number of amides is 1. The van der Waals surface area contributed by atoms with E-state index in [1.807, 2.05) is 24.3 Å². The second-order valence-electron chi connectivity index (χ2n) is 9.17. The number of methoxy groups -OCH3 is 1. The zero-order valence-electron chi connectivity index (χ0n) is 19.6. The Kier molecular flexibility index (Phi) is 7.25. The van der Waals surface area contributed by atoms with Crippen LogP contribution in [-0.4, -0.2) is 34.4 Å². The second kappa shape index (κ2) is 10.5. The molecule has 3 aromatic rings. The van der Waals surface area contributed by atoms with Gasteiger partial charge in [-0.15, -0.1) is 11.3 Å². The van der Waals surface area contributed by atoms with E-state index in [1.165, 1.54) is 47.9 Å². The van der Waals surface area contributed by atoms with Gasteiger partial charge in [-0.2, -0.15) is 0 Å². The molecule has 1 saturated carbocycles. The van der Waals surface area contributed by atoms with Gasteiger partial charge in [0.1, 0.15) is 10.6 Å². The van der Waals surface area contributed by atoms with Crippen molar-refractivity contribution in [2.24, 2.45) is 0 Å². The Hall–Kier alpha value is -2.32. The number of hydrogen-bond donors (Lipinski definition) is 1. The molecule has 1 N–H and O–H groups in total. The van der Waals surface area contributed by atoms with Crippen molar-refractivity contribution in [1.29, 1.82) is 0 Å². The number of hydrogen-bond acceptors (Lipinski definition) is 6. The Balaban J connectivity index is 1.49. The van der Waals surface area contributed by atoms with E-state index in [1.54, 1.807) is 23.0 Å². The van der Waals surface area contributed by atoms with Crippen LogP contribution in [0.1, 0.15) is 61.8 Å². The molecule has 2 aliphatic rings. The average molecular weight is 498 g/mol. The first-order valence-electron chi connectivity index (χ1n) is 12.3.